The average molecular weight is 451 g/mol. The van der Waals surface area contributed by atoms with Crippen LogP contribution in [0.25, 0.3) is 0 Å². The number of anilines is 1. The van der Waals surface area contributed by atoms with Gasteiger partial charge in [0.05, 0.1) is 34.0 Å². The largest absolute Gasteiger partial charge is 0.497 e. The summed E-state index contributed by atoms with van der Waals surface area (Å²) in [7, 11) is 5.74. The Morgan fingerprint density at radius 2 is 1.76 bits per heavy atom. The van der Waals surface area contributed by atoms with Gasteiger partial charge in [0.1, 0.15) is 17.5 Å². The van der Waals surface area contributed by atoms with E-state index in [-0.39, 0.29) is 22.8 Å². The highest BCUT2D eigenvalue weighted by Gasteiger charge is 2.38. The van der Waals surface area contributed by atoms with Gasteiger partial charge in [-0.15, -0.1) is 0 Å². The Bertz CT molecular complexity index is 1250. The number of benzene rings is 2. The molecular weight excluding hydrogens is 430 g/mol. The number of tetrazole rings is 1. The van der Waals surface area contributed by atoms with Crippen molar-refractivity contribution in [2.75, 3.05) is 33.8 Å². The van der Waals surface area contributed by atoms with Crippen molar-refractivity contribution in [1.82, 2.24) is 20.2 Å². The summed E-state index contributed by atoms with van der Waals surface area (Å²) in [6, 6.07) is 11.0. The van der Waals surface area contributed by atoms with Crippen LogP contribution >= 0.6 is 0 Å². The van der Waals surface area contributed by atoms with Crippen molar-refractivity contribution in [3.63, 3.8) is 0 Å². The third-order valence-corrected chi connectivity index (χ3v) is 5.21. The lowest BCUT2D eigenvalue weighted by molar-refractivity contribution is -0.136. The molecule has 1 aliphatic rings. The highest BCUT2D eigenvalue weighted by molar-refractivity contribution is 6.15. The van der Waals surface area contributed by atoms with E-state index >= 15 is 0 Å². The minimum Gasteiger partial charge on any atom is -0.497 e. The quantitative estimate of drug-likeness (QED) is 0.421. The van der Waals surface area contributed by atoms with Crippen LogP contribution in [0.1, 0.15) is 22.0 Å². The number of ether oxygens (including phenoxy) is 4. The molecule has 0 unspecified atom stereocenters. The van der Waals surface area contributed by atoms with Crippen LogP contribution < -0.4 is 19.5 Å². The van der Waals surface area contributed by atoms with Crippen molar-refractivity contribution in [3.8, 4) is 17.2 Å². The van der Waals surface area contributed by atoms with Gasteiger partial charge >= 0.3 is 5.97 Å². The van der Waals surface area contributed by atoms with E-state index in [1.54, 1.807) is 42.5 Å². The van der Waals surface area contributed by atoms with E-state index in [9.17, 15) is 9.59 Å². The molecule has 33 heavy (non-hydrogen) atoms. The van der Waals surface area contributed by atoms with E-state index in [0.29, 0.717) is 22.8 Å². The zero-order valence-corrected chi connectivity index (χ0v) is 18.4. The third-order valence-electron chi connectivity index (χ3n) is 5.21. The van der Waals surface area contributed by atoms with Gasteiger partial charge in [-0.3, -0.25) is 4.79 Å². The first-order valence-corrected chi connectivity index (χ1v) is 9.80. The van der Waals surface area contributed by atoms with Crippen molar-refractivity contribution in [2.24, 2.45) is 0 Å². The molecular formula is C22H21N5O6. The van der Waals surface area contributed by atoms with E-state index < -0.39 is 17.8 Å². The number of aromatic nitrogens is 4. The first-order chi connectivity index (χ1) is 16.0. The second-order valence-corrected chi connectivity index (χ2v) is 6.93. The van der Waals surface area contributed by atoms with Crippen LogP contribution in [0.15, 0.2) is 53.7 Å². The summed E-state index contributed by atoms with van der Waals surface area (Å²) in [5.41, 5.74) is 0.944. The number of hydrogen-bond acceptors (Lipinski definition) is 10. The van der Waals surface area contributed by atoms with Crippen molar-refractivity contribution in [3.05, 3.63) is 64.9 Å². The lowest BCUT2D eigenvalue weighted by Crippen LogP contribution is -2.33. The summed E-state index contributed by atoms with van der Waals surface area (Å²) < 4.78 is 22.3. The van der Waals surface area contributed by atoms with E-state index in [1.165, 1.54) is 33.1 Å². The Kier molecular flexibility index (Phi) is 5.94. The van der Waals surface area contributed by atoms with Crippen molar-refractivity contribution in [2.45, 2.75) is 6.04 Å². The minimum absolute atomic E-state index is 0.0626. The molecule has 3 aromatic rings. The first kappa shape index (κ1) is 21.8. The van der Waals surface area contributed by atoms with E-state index in [0.717, 1.165) is 0 Å². The molecule has 1 aromatic heterocycles. The molecule has 1 aliphatic heterocycles. The summed E-state index contributed by atoms with van der Waals surface area (Å²) in [6.45, 7) is 0. The number of hydrogen-bond donors (Lipinski definition) is 1. The molecule has 170 valence electrons. The summed E-state index contributed by atoms with van der Waals surface area (Å²) in [5.74, 6) is 0.405. The van der Waals surface area contributed by atoms with Gasteiger partial charge in [-0.25, -0.2) is 4.79 Å². The molecule has 0 bridgehead atoms. The Morgan fingerprint density at radius 3 is 2.45 bits per heavy atom. The predicted octanol–water partition coefficient (Wildman–Crippen LogP) is 2.02. The third kappa shape index (κ3) is 3.84. The van der Waals surface area contributed by atoms with E-state index in [1.807, 2.05) is 0 Å². The normalized spacial score (nSPS) is 14.7. The van der Waals surface area contributed by atoms with Crippen molar-refractivity contribution < 1.29 is 28.5 Å². The van der Waals surface area contributed by atoms with E-state index in [4.69, 9.17) is 18.9 Å². The number of methoxy groups -OCH3 is 4. The van der Waals surface area contributed by atoms with Gasteiger partial charge in [-0.2, -0.15) is 4.68 Å². The fourth-order valence-corrected chi connectivity index (χ4v) is 3.64. The number of esters is 1. The molecule has 0 fully saturated rings. The number of nitrogens with zero attached hydrogens (tertiary/aromatic N) is 4. The van der Waals surface area contributed by atoms with Gasteiger partial charge in [-0.05, 0) is 46.3 Å². The molecule has 0 amide bonds. The molecule has 2 aromatic carbocycles. The highest BCUT2D eigenvalue weighted by atomic mass is 16.5. The highest BCUT2D eigenvalue weighted by Crippen LogP contribution is 2.38. The van der Waals surface area contributed by atoms with Crippen LogP contribution in [0.4, 0.5) is 5.95 Å². The smallest absolute Gasteiger partial charge is 0.355 e. The van der Waals surface area contributed by atoms with Gasteiger partial charge in [0, 0.05) is 5.56 Å². The predicted molar refractivity (Wildman–Crippen MR) is 115 cm³/mol. The summed E-state index contributed by atoms with van der Waals surface area (Å²) in [6.07, 6.45) is 0. The van der Waals surface area contributed by atoms with Gasteiger partial charge < -0.3 is 24.3 Å². The van der Waals surface area contributed by atoms with Crippen LogP contribution in [0.5, 0.6) is 17.2 Å². The van der Waals surface area contributed by atoms with Crippen LogP contribution in [0, 0.1) is 0 Å². The summed E-state index contributed by atoms with van der Waals surface area (Å²) in [4.78, 5) is 26.6. The molecule has 1 N–H and O–H groups in total. The molecule has 1 atom stereocenters. The second kappa shape index (κ2) is 8.99. The maximum atomic E-state index is 13.9. The number of ketones is 1. The summed E-state index contributed by atoms with van der Waals surface area (Å²) in [5, 5.41) is 14.5. The zero-order chi connectivity index (χ0) is 23.5. The summed E-state index contributed by atoms with van der Waals surface area (Å²) >= 11 is 0. The molecule has 0 aliphatic carbocycles. The second-order valence-electron chi connectivity index (χ2n) is 6.93. The first-order valence-electron chi connectivity index (χ1n) is 9.80. The molecule has 0 radical (unpaired) electrons. The van der Waals surface area contributed by atoms with Gasteiger partial charge in [0.2, 0.25) is 5.95 Å². The van der Waals surface area contributed by atoms with Gasteiger partial charge in [0.15, 0.2) is 17.3 Å². The van der Waals surface area contributed by atoms with Crippen LogP contribution in [0.3, 0.4) is 0 Å². The molecule has 11 nitrogen and oxygen atoms in total. The van der Waals surface area contributed by atoms with Crippen LogP contribution in [-0.2, 0) is 9.53 Å². The number of carbonyl (C=O) groups excluding carboxylic acids is 2. The number of fused-ring (bicyclic) bond motifs is 1. The molecule has 0 spiro atoms. The van der Waals surface area contributed by atoms with E-state index in [2.05, 4.69) is 20.8 Å². The van der Waals surface area contributed by atoms with Crippen molar-refractivity contribution in [1.29, 1.82) is 0 Å². The number of allylic oxidation sites excluding steroid dienone is 1. The Balaban J connectivity index is 1.94. The fourth-order valence-electron chi connectivity index (χ4n) is 3.64. The number of carbonyl (C=O) groups is 2. The zero-order valence-electron chi connectivity index (χ0n) is 18.4. The maximum absolute atomic E-state index is 13.9. The number of rotatable bonds is 7. The average Bonchev–Trinajstić information content (AvgIpc) is 3.34. The SMILES string of the molecule is COC(=O)C1=C(C(=O)c2ccc(OC)c(OC)c2)[C@H](c2cccc(OC)c2)n2nnnc2N1. The monoisotopic (exact) mass is 451 g/mol. The Morgan fingerprint density at radius 1 is 0.970 bits per heavy atom. The number of nitrogens with one attached hydrogen (secondary N) is 1. The van der Waals surface area contributed by atoms with Gasteiger partial charge in [0.25, 0.3) is 0 Å². The van der Waals surface area contributed by atoms with Gasteiger partial charge in [-0.1, -0.05) is 17.2 Å². The molecule has 0 saturated carbocycles. The number of Topliss-reactive ketones (excluding diaryl/α,β-unsaturated/α-hetero) is 1. The topological polar surface area (TPSA) is 127 Å². The lowest BCUT2D eigenvalue weighted by atomic mass is 9.89. The Labute approximate surface area is 188 Å². The lowest BCUT2D eigenvalue weighted by Gasteiger charge is -2.28. The molecule has 4 rings (SSSR count). The molecule has 11 heteroatoms. The Hall–Kier alpha value is -4.41. The van der Waals surface area contributed by atoms with Crippen molar-refractivity contribution >= 4 is 17.7 Å². The molecule has 2 heterocycles. The van der Waals surface area contributed by atoms with Crippen LogP contribution in [-0.4, -0.2) is 60.4 Å². The van der Waals surface area contributed by atoms with Crippen LogP contribution in [0.2, 0.25) is 0 Å². The molecule has 0 saturated heterocycles. The minimum atomic E-state index is -0.832. The standard InChI is InChI=1S/C22H21N5O6/c1-30-14-7-5-6-12(10-14)19-17(18(21(29)33-4)23-22-24-25-26-27(19)22)20(28)13-8-9-15(31-2)16(11-13)32-3/h5-11,19H,1-4H3,(H,23,24,26)/t19-/m0/s1. The fraction of sp³-hybridized carbons (Fsp3) is 0.227. The maximum Gasteiger partial charge on any atom is 0.355 e.